The van der Waals surface area contributed by atoms with E-state index in [2.05, 4.69) is 16.1 Å². The Hall–Kier alpha value is -2.41. The van der Waals surface area contributed by atoms with Crippen LogP contribution in [-0.2, 0) is 41.2 Å². The molecule has 0 aliphatic heterocycles. The number of carbonyl (C=O) groups excluding carboxylic acids is 1. The van der Waals surface area contributed by atoms with Gasteiger partial charge in [-0.15, -0.1) is 11.3 Å². The molecule has 7 nitrogen and oxygen atoms in total. The molecule has 1 aromatic heterocycles. The lowest BCUT2D eigenvalue weighted by molar-refractivity contribution is 0.0825. The van der Waals surface area contributed by atoms with Crippen LogP contribution in [-0.4, -0.2) is 15.3 Å². The van der Waals surface area contributed by atoms with Crippen molar-refractivity contribution in [3.05, 3.63) is 44.8 Å². The fourth-order valence-corrected chi connectivity index (χ4v) is 6.77. The number of urea groups is 1. The lowest BCUT2D eigenvalue weighted by atomic mass is 9.99. The Morgan fingerprint density at radius 3 is 2.33 bits per heavy atom. The zero-order chi connectivity index (χ0) is 21.7. The summed E-state index contributed by atoms with van der Waals surface area (Å²) in [4.78, 5) is 13.2. The van der Waals surface area contributed by atoms with Gasteiger partial charge in [0.05, 0.1) is 11.2 Å². The first-order valence-corrected chi connectivity index (χ1v) is 12.3. The first-order chi connectivity index (χ1) is 14.1. The summed E-state index contributed by atoms with van der Waals surface area (Å²) in [7, 11) is -3.77. The van der Waals surface area contributed by atoms with Crippen LogP contribution in [0, 0.1) is 16.1 Å². The van der Waals surface area contributed by atoms with E-state index >= 15 is 0 Å². The largest absolute Gasteiger partial charge is 0.385 e. The number of benzene rings is 1. The molecule has 30 heavy (non-hydrogen) atoms. The van der Waals surface area contributed by atoms with Gasteiger partial charge in [0.2, 0.25) is 0 Å². The molecule has 1 aromatic carbocycles. The Bertz CT molecular complexity index is 1150. The zero-order valence-corrected chi connectivity index (χ0v) is 18.6. The molecule has 1 unspecified atom stereocenters. The number of aryl methyl sites for hydroxylation is 2. The van der Waals surface area contributed by atoms with Crippen molar-refractivity contribution in [2.24, 2.45) is 0 Å². The van der Waals surface area contributed by atoms with Gasteiger partial charge >= 0.3 is 6.03 Å². The third kappa shape index (κ3) is 3.71. The minimum Gasteiger partial charge on any atom is -0.385 e. The Kier molecular flexibility index (Phi) is 5.12. The van der Waals surface area contributed by atoms with E-state index in [-0.39, 0.29) is 9.77 Å². The highest BCUT2D eigenvalue weighted by molar-refractivity contribution is 7.93. The first kappa shape index (κ1) is 20.8. The number of hydrogen-bond acceptors (Lipinski definition) is 6. The van der Waals surface area contributed by atoms with Gasteiger partial charge in [-0.3, -0.25) is 0 Å². The molecule has 0 saturated carbocycles. The predicted molar refractivity (Wildman–Crippen MR) is 116 cm³/mol. The van der Waals surface area contributed by atoms with E-state index in [0.717, 1.165) is 66.7 Å². The lowest BCUT2D eigenvalue weighted by Gasteiger charge is -2.17. The van der Waals surface area contributed by atoms with Crippen molar-refractivity contribution in [1.29, 1.82) is 10.0 Å². The predicted octanol–water partition coefficient (Wildman–Crippen LogP) is 3.97. The summed E-state index contributed by atoms with van der Waals surface area (Å²) in [5.74, 6) is 0. The minimum atomic E-state index is -3.77. The van der Waals surface area contributed by atoms with E-state index in [9.17, 15) is 19.4 Å². The van der Waals surface area contributed by atoms with E-state index in [0.29, 0.717) is 4.88 Å². The summed E-state index contributed by atoms with van der Waals surface area (Å²) in [6.07, 6.45) is 5.87. The van der Waals surface area contributed by atoms with E-state index in [1.165, 1.54) is 17.2 Å². The SMILES string of the molecule is CC(C)(O)c1cc(C#N)c(S(=N)(=O)NC(=O)Nc2c3c(cc4c2CCC4)CCC3)s1. The van der Waals surface area contributed by atoms with Crippen LogP contribution in [0.25, 0.3) is 0 Å². The molecule has 1 atom stereocenters. The number of hydrogen-bond donors (Lipinski definition) is 4. The molecule has 158 valence electrons. The molecule has 0 fully saturated rings. The molecule has 0 bridgehead atoms. The fraction of sp³-hybridized carbons (Fsp3) is 0.429. The second-order valence-corrected chi connectivity index (χ2v) is 11.4. The van der Waals surface area contributed by atoms with Gasteiger partial charge in [0, 0.05) is 10.6 Å². The number of rotatable bonds is 4. The number of fused-ring (bicyclic) bond motifs is 2. The number of amides is 2. The van der Waals surface area contributed by atoms with Gasteiger partial charge in [-0.25, -0.2) is 18.5 Å². The van der Waals surface area contributed by atoms with Crippen molar-refractivity contribution in [2.75, 3.05) is 5.32 Å². The number of aliphatic hydroxyl groups is 1. The quantitative estimate of drug-likeness (QED) is 0.569. The van der Waals surface area contributed by atoms with E-state index in [1.807, 2.05) is 6.07 Å². The second-order valence-electron chi connectivity index (χ2n) is 8.33. The number of nitrogens with zero attached hydrogens (tertiary/aromatic N) is 1. The molecule has 9 heteroatoms. The molecule has 1 heterocycles. The molecule has 0 spiro atoms. The molecule has 2 aliphatic rings. The Balaban J connectivity index is 1.62. The Morgan fingerprint density at radius 1 is 1.20 bits per heavy atom. The van der Waals surface area contributed by atoms with Gasteiger partial charge in [0.15, 0.2) is 9.92 Å². The summed E-state index contributed by atoms with van der Waals surface area (Å²) in [6, 6.07) is 4.87. The number of nitrogens with one attached hydrogen (secondary N) is 3. The van der Waals surface area contributed by atoms with Gasteiger partial charge in [-0.05, 0) is 80.7 Å². The standard InChI is InChI=1S/C21H24N4O3S2/c1-21(2,27)17-10-14(11-22)19(29-17)30(23,28)25-20(26)24-18-15-7-3-5-12(15)9-13-6-4-8-16(13)18/h9-10,27H,3-8H2,1-2H3,(H3,23,24,25,26,28). The molecule has 2 aliphatic carbocycles. The maximum atomic E-state index is 13.0. The number of carbonyl (C=O) groups is 1. The molecule has 0 saturated heterocycles. The van der Waals surface area contributed by atoms with Gasteiger partial charge in [-0.1, -0.05) is 6.07 Å². The second kappa shape index (κ2) is 7.38. The third-order valence-corrected chi connectivity index (χ3v) is 9.04. The molecular weight excluding hydrogens is 420 g/mol. The van der Waals surface area contributed by atoms with Crippen LogP contribution in [0.15, 0.2) is 16.3 Å². The highest BCUT2D eigenvalue weighted by Crippen LogP contribution is 2.39. The summed E-state index contributed by atoms with van der Waals surface area (Å²) in [5.41, 5.74) is 4.39. The maximum absolute atomic E-state index is 13.0. The lowest BCUT2D eigenvalue weighted by Crippen LogP contribution is -2.34. The van der Waals surface area contributed by atoms with E-state index < -0.39 is 21.5 Å². The Labute approximate surface area is 180 Å². The van der Waals surface area contributed by atoms with E-state index in [4.69, 9.17) is 4.78 Å². The summed E-state index contributed by atoms with van der Waals surface area (Å²) in [6.45, 7) is 3.10. The van der Waals surface area contributed by atoms with Crippen molar-refractivity contribution in [3.63, 3.8) is 0 Å². The normalized spacial score (nSPS) is 17.0. The average Bonchev–Trinajstić information content (AvgIpc) is 3.38. The van der Waals surface area contributed by atoms with Crippen LogP contribution >= 0.6 is 11.3 Å². The van der Waals surface area contributed by atoms with Gasteiger partial charge in [-0.2, -0.15) is 5.26 Å². The molecule has 4 rings (SSSR count). The van der Waals surface area contributed by atoms with Crippen LogP contribution in [0.5, 0.6) is 0 Å². The van der Waals surface area contributed by atoms with Crippen molar-refractivity contribution in [1.82, 2.24) is 4.72 Å². The molecule has 4 N–H and O–H groups in total. The van der Waals surface area contributed by atoms with Crippen molar-refractivity contribution in [3.8, 4) is 6.07 Å². The van der Waals surface area contributed by atoms with Crippen LogP contribution in [0.1, 0.15) is 59.4 Å². The molecule has 0 radical (unpaired) electrons. The number of nitriles is 1. The van der Waals surface area contributed by atoms with Gasteiger partial charge in [0.1, 0.15) is 10.3 Å². The summed E-state index contributed by atoms with van der Waals surface area (Å²) >= 11 is 0.909. The van der Waals surface area contributed by atoms with Crippen LogP contribution in [0.4, 0.5) is 10.5 Å². The highest BCUT2D eigenvalue weighted by atomic mass is 32.2. The molecular formula is C21H24N4O3S2. The Morgan fingerprint density at radius 2 is 1.80 bits per heavy atom. The van der Waals surface area contributed by atoms with Crippen molar-refractivity contribution in [2.45, 2.75) is 62.2 Å². The van der Waals surface area contributed by atoms with Gasteiger partial charge < -0.3 is 10.4 Å². The van der Waals surface area contributed by atoms with Crippen molar-refractivity contribution >= 4 is 33.0 Å². The monoisotopic (exact) mass is 444 g/mol. The first-order valence-electron chi connectivity index (χ1n) is 9.91. The summed E-state index contributed by atoms with van der Waals surface area (Å²) in [5, 5.41) is 22.4. The topological polar surface area (TPSA) is 126 Å². The molecule has 2 amide bonds. The van der Waals surface area contributed by atoms with Crippen LogP contribution in [0.3, 0.4) is 0 Å². The van der Waals surface area contributed by atoms with Crippen molar-refractivity contribution < 1.29 is 14.1 Å². The maximum Gasteiger partial charge on any atom is 0.331 e. The van der Waals surface area contributed by atoms with E-state index in [1.54, 1.807) is 13.8 Å². The number of anilines is 1. The number of thiophene rings is 1. The fourth-order valence-electron chi connectivity index (χ4n) is 4.25. The smallest absolute Gasteiger partial charge is 0.331 e. The minimum absolute atomic E-state index is 0.0268. The highest BCUT2D eigenvalue weighted by Gasteiger charge is 2.29. The van der Waals surface area contributed by atoms with Crippen LogP contribution < -0.4 is 10.0 Å². The summed E-state index contributed by atoms with van der Waals surface area (Å²) < 4.78 is 23.5. The van der Waals surface area contributed by atoms with Crippen LogP contribution in [0.2, 0.25) is 0 Å². The zero-order valence-electron chi connectivity index (χ0n) is 16.9. The third-order valence-electron chi connectivity index (χ3n) is 5.63. The average molecular weight is 445 g/mol. The molecule has 2 aromatic rings. The van der Waals surface area contributed by atoms with Gasteiger partial charge in [0.25, 0.3) is 0 Å².